The lowest BCUT2D eigenvalue weighted by Gasteiger charge is -2.26. The third-order valence-electron chi connectivity index (χ3n) is 5.46. The number of nitrogens with zero attached hydrogens (tertiary/aromatic N) is 1. The number of carbonyl (C=O) groups excluding carboxylic acids is 2. The Kier molecular flexibility index (Phi) is 8.47. The van der Waals surface area contributed by atoms with Crippen LogP contribution in [-0.2, 0) is 27.1 Å². The summed E-state index contributed by atoms with van der Waals surface area (Å²) < 4.78 is 10.6. The molecule has 0 aromatic carbocycles. The molecule has 1 aliphatic heterocycles. The minimum atomic E-state index is -0.326. The molecule has 1 atom stereocenters. The van der Waals surface area contributed by atoms with Gasteiger partial charge in [-0.15, -0.1) is 11.3 Å². The zero-order valence-electron chi connectivity index (χ0n) is 17.6. The van der Waals surface area contributed by atoms with Crippen molar-refractivity contribution in [2.75, 3.05) is 57.9 Å². The maximum absolute atomic E-state index is 12.5. The van der Waals surface area contributed by atoms with Gasteiger partial charge >= 0.3 is 5.97 Å². The standard InChI is InChI=1S/C21H33N3O4S/c1-3-28-21(26)19-16-6-5-15(2)13-17(16)29-20(19)23-18(25)14-22-7-4-8-24-9-11-27-12-10-24/h15,22H,3-14H2,1-2H3,(H,23,25)/t15-/m1/s1. The first-order chi connectivity index (χ1) is 14.1. The molecule has 29 heavy (non-hydrogen) atoms. The predicted molar refractivity (Wildman–Crippen MR) is 115 cm³/mol. The number of esters is 1. The molecule has 1 aliphatic carbocycles. The molecule has 0 unspecified atom stereocenters. The average molecular weight is 424 g/mol. The summed E-state index contributed by atoms with van der Waals surface area (Å²) in [6.07, 6.45) is 3.89. The molecule has 0 radical (unpaired) electrons. The van der Waals surface area contributed by atoms with Crippen LogP contribution >= 0.6 is 11.3 Å². The summed E-state index contributed by atoms with van der Waals surface area (Å²) in [5.74, 6) is 0.162. The number of hydrogen-bond donors (Lipinski definition) is 2. The van der Waals surface area contributed by atoms with Crippen LogP contribution in [0.5, 0.6) is 0 Å². The third kappa shape index (κ3) is 6.25. The summed E-state index contributed by atoms with van der Waals surface area (Å²) in [6, 6.07) is 0. The van der Waals surface area contributed by atoms with E-state index in [9.17, 15) is 9.59 Å². The molecule has 1 fully saturated rings. The number of anilines is 1. The van der Waals surface area contributed by atoms with Gasteiger partial charge in [-0.25, -0.2) is 4.79 Å². The van der Waals surface area contributed by atoms with Crippen LogP contribution in [0.4, 0.5) is 5.00 Å². The van der Waals surface area contributed by atoms with Crippen LogP contribution in [-0.4, -0.2) is 69.3 Å². The van der Waals surface area contributed by atoms with Gasteiger partial charge in [0.1, 0.15) is 5.00 Å². The smallest absolute Gasteiger partial charge is 0.341 e. The number of fused-ring (bicyclic) bond motifs is 1. The van der Waals surface area contributed by atoms with Gasteiger partial charge in [-0.3, -0.25) is 9.69 Å². The minimum absolute atomic E-state index is 0.117. The van der Waals surface area contributed by atoms with E-state index in [1.807, 2.05) is 0 Å². The van der Waals surface area contributed by atoms with Crippen molar-refractivity contribution in [2.24, 2.45) is 5.92 Å². The molecule has 162 valence electrons. The largest absolute Gasteiger partial charge is 0.462 e. The second-order valence-electron chi connectivity index (χ2n) is 7.81. The van der Waals surface area contributed by atoms with E-state index in [1.165, 1.54) is 16.2 Å². The number of rotatable bonds is 9. The zero-order chi connectivity index (χ0) is 20.6. The minimum Gasteiger partial charge on any atom is -0.462 e. The lowest BCUT2D eigenvalue weighted by molar-refractivity contribution is -0.115. The monoisotopic (exact) mass is 423 g/mol. The van der Waals surface area contributed by atoms with E-state index in [1.54, 1.807) is 6.92 Å². The van der Waals surface area contributed by atoms with Gasteiger partial charge < -0.3 is 20.1 Å². The van der Waals surface area contributed by atoms with E-state index in [2.05, 4.69) is 22.5 Å². The van der Waals surface area contributed by atoms with Crippen molar-refractivity contribution in [3.63, 3.8) is 0 Å². The number of amides is 1. The summed E-state index contributed by atoms with van der Waals surface area (Å²) in [6.45, 7) is 9.99. The maximum atomic E-state index is 12.5. The number of thiophene rings is 1. The second kappa shape index (κ2) is 11.1. The van der Waals surface area contributed by atoms with Crippen LogP contribution in [0.2, 0.25) is 0 Å². The molecule has 0 saturated carbocycles. The van der Waals surface area contributed by atoms with Gasteiger partial charge in [0, 0.05) is 18.0 Å². The molecule has 1 aromatic rings. The molecule has 1 amide bonds. The fourth-order valence-corrected chi connectivity index (χ4v) is 5.30. The SMILES string of the molecule is CCOC(=O)c1c(NC(=O)CNCCCN2CCOCC2)sc2c1CC[C@@H](C)C2. The number of morpholine rings is 1. The number of hydrogen-bond acceptors (Lipinski definition) is 7. The maximum Gasteiger partial charge on any atom is 0.341 e. The summed E-state index contributed by atoms with van der Waals surface area (Å²) in [5.41, 5.74) is 1.64. The van der Waals surface area contributed by atoms with E-state index in [-0.39, 0.29) is 18.4 Å². The Balaban J connectivity index is 1.50. The highest BCUT2D eigenvalue weighted by molar-refractivity contribution is 7.17. The molecule has 2 N–H and O–H groups in total. The Morgan fingerprint density at radius 1 is 1.31 bits per heavy atom. The van der Waals surface area contributed by atoms with Crippen LogP contribution < -0.4 is 10.6 Å². The molecule has 0 spiro atoms. The normalized spacial score (nSPS) is 19.6. The van der Waals surface area contributed by atoms with Gasteiger partial charge in [0.25, 0.3) is 0 Å². The molecule has 1 aromatic heterocycles. The van der Waals surface area contributed by atoms with Gasteiger partial charge in [-0.2, -0.15) is 0 Å². The third-order valence-corrected chi connectivity index (χ3v) is 6.63. The predicted octanol–water partition coefficient (Wildman–Crippen LogP) is 2.30. The molecule has 3 rings (SSSR count). The van der Waals surface area contributed by atoms with Crippen LogP contribution in [0, 0.1) is 5.92 Å². The van der Waals surface area contributed by atoms with Crippen LogP contribution in [0.25, 0.3) is 0 Å². The molecule has 0 bridgehead atoms. The summed E-state index contributed by atoms with van der Waals surface area (Å²) >= 11 is 1.53. The summed E-state index contributed by atoms with van der Waals surface area (Å²) in [5, 5.41) is 6.80. The quantitative estimate of drug-likeness (QED) is 0.469. The fourth-order valence-electron chi connectivity index (χ4n) is 3.88. The van der Waals surface area contributed by atoms with Crippen molar-refractivity contribution in [1.29, 1.82) is 0 Å². The van der Waals surface area contributed by atoms with E-state index in [0.29, 0.717) is 23.1 Å². The van der Waals surface area contributed by atoms with E-state index < -0.39 is 0 Å². The fraction of sp³-hybridized carbons (Fsp3) is 0.714. The van der Waals surface area contributed by atoms with Gasteiger partial charge in [-0.1, -0.05) is 6.92 Å². The first-order valence-electron chi connectivity index (χ1n) is 10.7. The van der Waals surface area contributed by atoms with Gasteiger partial charge in [0.2, 0.25) is 5.91 Å². The molecule has 1 saturated heterocycles. The highest BCUT2D eigenvalue weighted by Gasteiger charge is 2.29. The zero-order valence-corrected chi connectivity index (χ0v) is 18.4. The van der Waals surface area contributed by atoms with Crippen LogP contribution in [0.3, 0.4) is 0 Å². The molecule has 8 heteroatoms. The van der Waals surface area contributed by atoms with Gasteiger partial charge in [0.05, 0.1) is 31.9 Å². The molecule has 2 aliphatic rings. The molecule has 7 nitrogen and oxygen atoms in total. The first-order valence-corrected chi connectivity index (χ1v) is 11.5. The number of carbonyl (C=O) groups is 2. The van der Waals surface area contributed by atoms with Gasteiger partial charge in [0.15, 0.2) is 0 Å². The van der Waals surface area contributed by atoms with Crippen molar-refractivity contribution >= 4 is 28.2 Å². The Bertz CT molecular complexity index is 700. The molecular weight excluding hydrogens is 390 g/mol. The van der Waals surface area contributed by atoms with E-state index in [4.69, 9.17) is 9.47 Å². The highest BCUT2D eigenvalue weighted by atomic mass is 32.1. The lowest BCUT2D eigenvalue weighted by atomic mass is 9.88. The van der Waals surface area contributed by atoms with E-state index >= 15 is 0 Å². The number of ether oxygens (including phenoxy) is 2. The highest BCUT2D eigenvalue weighted by Crippen LogP contribution is 2.40. The summed E-state index contributed by atoms with van der Waals surface area (Å²) in [7, 11) is 0. The van der Waals surface area contributed by atoms with Crippen molar-refractivity contribution in [1.82, 2.24) is 10.2 Å². The topological polar surface area (TPSA) is 79.9 Å². The molecule has 2 heterocycles. The lowest BCUT2D eigenvalue weighted by Crippen LogP contribution is -2.38. The number of nitrogens with one attached hydrogen (secondary N) is 2. The Hall–Kier alpha value is -1.48. The van der Waals surface area contributed by atoms with Crippen molar-refractivity contribution in [3.8, 4) is 0 Å². The van der Waals surface area contributed by atoms with Crippen molar-refractivity contribution in [2.45, 2.75) is 39.5 Å². The summed E-state index contributed by atoms with van der Waals surface area (Å²) in [4.78, 5) is 28.5. The van der Waals surface area contributed by atoms with Crippen molar-refractivity contribution < 1.29 is 19.1 Å². The van der Waals surface area contributed by atoms with Crippen LogP contribution in [0.15, 0.2) is 0 Å². The van der Waals surface area contributed by atoms with Crippen LogP contribution in [0.1, 0.15) is 47.5 Å². The first kappa shape index (κ1) is 22.2. The average Bonchev–Trinajstić information content (AvgIpc) is 3.05. The Labute approximate surface area is 177 Å². The molecular formula is C21H33N3O4S. The second-order valence-corrected chi connectivity index (χ2v) is 8.91. The van der Waals surface area contributed by atoms with E-state index in [0.717, 1.165) is 70.6 Å². The Morgan fingerprint density at radius 3 is 2.86 bits per heavy atom. The Morgan fingerprint density at radius 2 is 2.10 bits per heavy atom. The van der Waals surface area contributed by atoms with Gasteiger partial charge in [-0.05, 0) is 57.2 Å². The van der Waals surface area contributed by atoms with Crippen molar-refractivity contribution in [3.05, 3.63) is 16.0 Å².